The zero-order valence-electron chi connectivity index (χ0n) is 34.1. The second-order valence-electron chi connectivity index (χ2n) is 17.0. The average molecular weight is 817 g/mol. The summed E-state index contributed by atoms with van der Waals surface area (Å²) < 4.78 is 9.96. The van der Waals surface area contributed by atoms with Gasteiger partial charge >= 0.3 is 0 Å². The highest BCUT2D eigenvalue weighted by atomic mass is 32.1. The molecule has 0 unspecified atom stereocenters. The van der Waals surface area contributed by atoms with Crippen LogP contribution in [0.3, 0.4) is 0 Å². The second kappa shape index (κ2) is 13.1. The van der Waals surface area contributed by atoms with Gasteiger partial charge in [0.15, 0.2) is 0 Å². The van der Waals surface area contributed by atoms with Crippen LogP contribution in [0.2, 0.25) is 0 Å². The number of fused-ring (bicyclic) bond motifs is 14. The number of thiophene rings is 1. The van der Waals surface area contributed by atoms with E-state index in [-0.39, 0.29) is 0 Å². The van der Waals surface area contributed by atoms with Gasteiger partial charge in [0.2, 0.25) is 0 Å². The summed E-state index contributed by atoms with van der Waals surface area (Å²) in [6, 6.07) is 80.9. The third-order valence-electron chi connectivity index (χ3n) is 13.9. The number of para-hydroxylation sites is 1. The van der Waals surface area contributed by atoms with Gasteiger partial charge in [-0.2, -0.15) is 0 Å². The number of hydrogen-bond acceptors (Lipinski definition) is 2. The molecule has 0 atom stereocenters. The normalized spacial score (nSPS) is 13.2. The monoisotopic (exact) mass is 816 g/mol. The molecular formula is C61H36OS. The summed E-state index contributed by atoms with van der Waals surface area (Å²) in [6.07, 6.45) is 0. The fourth-order valence-corrected chi connectivity index (χ4v) is 12.7. The van der Waals surface area contributed by atoms with E-state index in [1.807, 2.05) is 11.3 Å². The van der Waals surface area contributed by atoms with Crippen molar-refractivity contribution in [2.75, 3.05) is 0 Å². The molecular weight excluding hydrogens is 781 g/mol. The van der Waals surface area contributed by atoms with Crippen LogP contribution in [0.1, 0.15) is 22.3 Å². The zero-order valence-corrected chi connectivity index (χ0v) is 34.9. The van der Waals surface area contributed by atoms with E-state index in [1.165, 1.54) is 108 Å². The van der Waals surface area contributed by atoms with Gasteiger partial charge in [-0.1, -0.05) is 200 Å². The summed E-state index contributed by atoms with van der Waals surface area (Å²) in [5.74, 6) is 0. The fourth-order valence-electron chi connectivity index (χ4n) is 11.5. The van der Waals surface area contributed by atoms with Crippen molar-refractivity contribution in [3.63, 3.8) is 0 Å². The summed E-state index contributed by atoms with van der Waals surface area (Å²) in [5.41, 5.74) is 13.6. The molecule has 0 radical (unpaired) electrons. The van der Waals surface area contributed by atoms with Crippen LogP contribution in [0.5, 0.6) is 0 Å². The van der Waals surface area contributed by atoms with Crippen molar-refractivity contribution in [3.8, 4) is 33.4 Å². The van der Waals surface area contributed by atoms with Crippen LogP contribution in [0, 0.1) is 0 Å². The standard InChI is InChI=1S/C61H36OS/c1-3-20-38(21-4-1)61(39-22-5-2-6-23-39)50-35-34-47-41-25-14-16-33-53(41)63-60(47)58(50)57-51(61)36-49(56-48-30-13-15-32-52(48)62-59(56)57)55-45-28-11-9-26-43(45)54(44-27-10-12-29-46(44)55)42-31-17-19-37-18-7-8-24-40(37)42/h1-36H. The van der Waals surface area contributed by atoms with Gasteiger partial charge < -0.3 is 4.42 Å². The Kier molecular flexibility index (Phi) is 7.26. The third kappa shape index (κ3) is 4.66. The SMILES string of the molecule is c1ccc(C2(c3ccccc3)c3cc(-c4c5ccccc5c(-c5cccc6ccccc56)c5ccccc45)c4c(oc5ccccc54)c3-c3c2ccc2c3sc3ccccc32)cc1. The van der Waals surface area contributed by atoms with E-state index in [2.05, 4.69) is 218 Å². The predicted octanol–water partition coefficient (Wildman–Crippen LogP) is 17.1. The minimum atomic E-state index is -0.645. The van der Waals surface area contributed by atoms with Crippen molar-refractivity contribution in [2.24, 2.45) is 0 Å². The van der Waals surface area contributed by atoms with Crippen LogP contribution in [-0.4, -0.2) is 0 Å². The molecule has 14 rings (SSSR count). The lowest BCUT2D eigenvalue weighted by atomic mass is 9.67. The first kappa shape index (κ1) is 34.9. The number of benzene rings is 11. The van der Waals surface area contributed by atoms with Gasteiger partial charge in [0, 0.05) is 42.1 Å². The Morgan fingerprint density at radius 2 is 0.889 bits per heavy atom. The van der Waals surface area contributed by atoms with Crippen molar-refractivity contribution in [1.82, 2.24) is 0 Å². The molecule has 0 saturated heterocycles. The molecule has 0 spiro atoms. The lowest BCUT2D eigenvalue weighted by molar-refractivity contribution is 0.669. The topological polar surface area (TPSA) is 13.1 Å². The minimum absolute atomic E-state index is 0.645. The number of hydrogen-bond donors (Lipinski definition) is 0. The van der Waals surface area contributed by atoms with E-state index in [9.17, 15) is 0 Å². The molecule has 2 heteroatoms. The van der Waals surface area contributed by atoms with Gasteiger partial charge in [-0.05, 0) is 95.0 Å². The predicted molar refractivity (Wildman–Crippen MR) is 267 cm³/mol. The van der Waals surface area contributed by atoms with Crippen LogP contribution in [0.25, 0.3) is 108 Å². The molecule has 13 aromatic rings. The summed E-state index contributed by atoms with van der Waals surface area (Å²) in [4.78, 5) is 0. The largest absolute Gasteiger partial charge is 0.455 e. The Labute approximate surface area is 367 Å². The van der Waals surface area contributed by atoms with Crippen LogP contribution >= 0.6 is 11.3 Å². The van der Waals surface area contributed by atoms with Gasteiger partial charge in [0.1, 0.15) is 11.2 Å². The maximum absolute atomic E-state index is 7.37. The average Bonchev–Trinajstić information content (AvgIpc) is 4.02. The summed E-state index contributed by atoms with van der Waals surface area (Å²) in [5, 5.41) is 12.3. The smallest absolute Gasteiger partial charge is 0.144 e. The summed E-state index contributed by atoms with van der Waals surface area (Å²) >= 11 is 1.90. The maximum Gasteiger partial charge on any atom is 0.144 e. The number of rotatable bonds is 4. The van der Waals surface area contributed by atoms with Gasteiger partial charge in [-0.25, -0.2) is 0 Å². The molecule has 63 heavy (non-hydrogen) atoms. The molecule has 1 nitrogen and oxygen atoms in total. The lowest BCUT2D eigenvalue weighted by Gasteiger charge is -2.34. The molecule has 0 saturated carbocycles. The van der Waals surface area contributed by atoms with Gasteiger partial charge in [0.25, 0.3) is 0 Å². The van der Waals surface area contributed by atoms with Gasteiger partial charge in [0.05, 0.1) is 5.41 Å². The van der Waals surface area contributed by atoms with Crippen molar-refractivity contribution >= 4 is 85.8 Å². The highest BCUT2D eigenvalue weighted by Crippen LogP contribution is 2.63. The van der Waals surface area contributed by atoms with Gasteiger partial charge in [-0.15, -0.1) is 11.3 Å². The van der Waals surface area contributed by atoms with E-state index >= 15 is 0 Å². The lowest BCUT2D eigenvalue weighted by Crippen LogP contribution is -2.28. The minimum Gasteiger partial charge on any atom is -0.455 e. The Balaban J connectivity index is 1.22. The Morgan fingerprint density at radius 1 is 0.349 bits per heavy atom. The van der Waals surface area contributed by atoms with Crippen LogP contribution in [0.4, 0.5) is 0 Å². The third-order valence-corrected chi connectivity index (χ3v) is 15.1. The first-order valence-corrected chi connectivity index (χ1v) is 22.6. The molecule has 11 aromatic carbocycles. The summed E-state index contributed by atoms with van der Waals surface area (Å²) in [6.45, 7) is 0. The molecule has 2 aromatic heterocycles. The molecule has 292 valence electrons. The van der Waals surface area contributed by atoms with E-state index in [0.717, 1.165) is 21.9 Å². The van der Waals surface area contributed by atoms with Crippen molar-refractivity contribution in [2.45, 2.75) is 5.41 Å². The van der Waals surface area contributed by atoms with E-state index < -0.39 is 5.41 Å². The van der Waals surface area contributed by atoms with Crippen molar-refractivity contribution < 1.29 is 4.42 Å². The molecule has 1 aliphatic rings. The Bertz CT molecular complexity index is 3920. The van der Waals surface area contributed by atoms with E-state index in [0.29, 0.717) is 0 Å². The molecule has 0 N–H and O–H groups in total. The molecule has 0 fully saturated rings. The highest BCUT2D eigenvalue weighted by molar-refractivity contribution is 7.26. The first-order chi connectivity index (χ1) is 31.3. The van der Waals surface area contributed by atoms with Crippen molar-refractivity contribution in [3.05, 3.63) is 241 Å². The molecule has 0 bridgehead atoms. The summed E-state index contributed by atoms with van der Waals surface area (Å²) in [7, 11) is 0. The quantitative estimate of drug-likeness (QED) is 0.161. The molecule has 0 aliphatic heterocycles. The Morgan fingerprint density at radius 3 is 1.57 bits per heavy atom. The fraction of sp³-hybridized carbons (Fsp3) is 0.0164. The van der Waals surface area contributed by atoms with E-state index in [4.69, 9.17) is 4.42 Å². The van der Waals surface area contributed by atoms with Crippen LogP contribution in [-0.2, 0) is 5.41 Å². The molecule has 0 amide bonds. The van der Waals surface area contributed by atoms with Crippen LogP contribution in [0.15, 0.2) is 223 Å². The Hall–Kier alpha value is -7.78. The number of furan rings is 1. The first-order valence-electron chi connectivity index (χ1n) is 21.8. The van der Waals surface area contributed by atoms with Crippen molar-refractivity contribution in [1.29, 1.82) is 0 Å². The molecule has 1 aliphatic carbocycles. The molecule has 2 heterocycles. The second-order valence-corrected chi connectivity index (χ2v) is 18.0. The zero-order chi connectivity index (χ0) is 41.2. The van der Waals surface area contributed by atoms with E-state index in [1.54, 1.807) is 0 Å². The van der Waals surface area contributed by atoms with Crippen LogP contribution < -0.4 is 0 Å². The van der Waals surface area contributed by atoms with Gasteiger partial charge in [-0.3, -0.25) is 0 Å². The maximum atomic E-state index is 7.37. The highest BCUT2D eigenvalue weighted by Gasteiger charge is 2.49.